The molecule has 1 aromatic rings. The molecule has 0 aliphatic carbocycles. The number of ether oxygens (including phenoxy) is 1. The highest BCUT2D eigenvalue weighted by molar-refractivity contribution is 5.99. The Balaban J connectivity index is 2.45. The Morgan fingerprint density at radius 3 is 2.70 bits per heavy atom. The van der Waals surface area contributed by atoms with Gasteiger partial charge in [0.05, 0.1) is 17.4 Å². The Hall–Kier alpha value is -2.08. The zero-order valence-corrected chi connectivity index (χ0v) is 11.5. The summed E-state index contributed by atoms with van der Waals surface area (Å²) in [6.45, 7) is 2.31. The molecule has 1 aromatic carbocycles. The molecule has 1 aliphatic heterocycles. The summed E-state index contributed by atoms with van der Waals surface area (Å²) in [7, 11) is 1.55. The van der Waals surface area contributed by atoms with Crippen molar-refractivity contribution >= 4 is 17.6 Å². The summed E-state index contributed by atoms with van der Waals surface area (Å²) in [5.41, 5.74) is 7.21. The maximum Gasteiger partial charge on any atom is 0.326 e. The molecule has 1 saturated heterocycles. The van der Waals surface area contributed by atoms with Gasteiger partial charge in [0.25, 0.3) is 5.91 Å². The minimum Gasteiger partial charge on any atom is -0.480 e. The average molecular weight is 278 g/mol. The summed E-state index contributed by atoms with van der Waals surface area (Å²) in [6.07, 6.45) is 0.218. The van der Waals surface area contributed by atoms with Crippen molar-refractivity contribution in [2.24, 2.45) is 5.73 Å². The number of hydrogen-bond acceptors (Lipinski definition) is 4. The Kier molecular flexibility index (Phi) is 3.94. The summed E-state index contributed by atoms with van der Waals surface area (Å²) < 4.78 is 5.25. The molecule has 0 saturated carbocycles. The van der Waals surface area contributed by atoms with E-state index in [4.69, 9.17) is 10.5 Å². The van der Waals surface area contributed by atoms with E-state index in [2.05, 4.69) is 0 Å². The van der Waals surface area contributed by atoms with Gasteiger partial charge in [0.2, 0.25) is 0 Å². The van der Waals surface area contributed by atoms with Gasteiger partial charge in [-0.1, -0.05) is 6.07 Å². The minimum absolute atomic E-state index is 0.169. The quantitative estimate of drug-likeness (QED) is 0.848. The van der Waals surface area contributed by atoms with Crippen LogP contribution in [0.2, 0.25) is 0 Å². The summed E-state index contributed by atoms with van der Waals surface area (Å²) >= 11 is 0. The third kappa shape index (κ3) is 2.60. The number of nitrogens with two attached hydrogens (primary N) is 1. The number of benzene rings is 1. The molecule has 0 spiro atoms. The molecular formula is C14H18N2O4. The molecule has 1 aliphatic rings. The molecule has 2 unspecified atom stereocenters. The number of carboxylic acids is 1. The van der Waals surface area contributed by atoms with E-state index in [0.29, 0.717) is 24.2 Å². The lowest BCUT2D eigenvalue weighted by atomic mass is 10.1. The molecule has 2 atom stereocenters. The van der Waals surface area contributed by atoms with Crippen LogP contribution < -0.4 is 10.6 Å². The van der Waals surface area contributed by atoms with Crippen LogP contribution in [0.3, 0.4) is 0 Å². The predicted molar refractivity (Wildman–Crippen MR) is 73.9 cm³/mol. The fourth-order valence-electron chi connectivity index (χ4n) is 2.56. The summed E-state index contributed by atoms with van der Waals surface area (Å²) in [5, 5.41) is 9.34. The molecule has 0 radical (unpaired) electrons. The smallest absolute Gasteiger partial charge is 0.326 e. The molecule has 1 heterocycles. The number of amides is 1. The molecule has 0 aromatic heterocycles. The number of nitrogens with zero attached hydrogens (tertiary/aromatic N) is 1. The van der Waals surface area contributed by atoms with Crippen LogP contribution in [0.25, 0.3) is 0 Å². The van der Waals surface area contributed by atoms with Crippen LogP contribution in [0.15, 0.2) is 18.2 Å². The van der Waals surface area contributed by atoms with Gasteiger partial charge in [-0.2, -0.15) is 0 Å². The SMILES string of the molecule is COC1CC(C(=O)O)N(c2cc(C)ccc2C(N)=O)C1. The molecule has 6 heteroatoms. The highest BCUT2D eigenvalue weighted by Gasteiger charge is 2.38. The van der Waals surface area contributed by atoms with Crippen molar-refractivity contribution in [3.05, 3.63) is 29.3 Å². The van der Waals surface area contributed by atoms with E-state index in [1.54, 1.807) is 30.2 Å². The molecule has 1 amide bonds. The monoisotopic (exact) mass is 278 g/mol. The first-order valence-electron chi connectivity index (χ1n) is 6.36. The Labute approximate surface area is 117 Å². The second kappa shape index (κ2) is 5.50. The highest BCUT2D eigenvalue weighted by Crippen LogP contribution is 2.30. The first-order valence-corrected chi connectivity index (χ1v) is 6.36. The van der Waals surface area contributed by atoms with Crippen molar-refractivity contribution in [2.45, 2.75) is 25.5 Å². The number of carbonyl (C=O) groups excluding carboxylic acids is 1. The third-order valence-corrected chi connectivity index (χ3v) is 3.61. The molecule has 2 rings (SSSR count). The fourth-order valence-corrected chi connectivity index (χ4v) is 2.56. The molecule has 3 N–H and O–H groups in total. The van der Waals surface area contributed by atoms with Gasteiger partial charge in [-0.3, -0.25) is 4.79 Å². The molecule has 0 bridgehead atoms. The van der Waals surface area contributed by atoms with Crippen LogP contribution >= 0.6 is 0 Å². The van der Waals surface area contributed by atoms with Gasteiger partial charge in [0.15, 0.2) is 0 Å². The maximum absolute atomic E-state index is 11.5. The van der Waals surface area contributed by atoms with Gasteiger partial charge >= 0.3 is 5.97 Å². The Morgan fingerprint density at radius 1 is 1.45 bits per heavy atom. The predicted octanol–water partition coefficient (Wildman–Crippen LogP) is 0.772. The number of methoxy groups -OCH3 is 1. The van der Waals surface area contributed by atoms with E-state index in [-0.39, 0.29) is 6.10 Å². The summed E-state index contributed by atoms with van der Waals surface area (Å²) in [5.74, 6) is -1.49. The van der Waals surface area contributed by atoms with Crippen LogP contribution in [0.4, 0.5) is 5.69 Å². The molecule has 1 fully saturated rings. The van der Waals surface area contributed by atoms with Crippen molar-refractivity contribution in [1.29, 1.82) is 0 Å². The Bertz CT molecular complexity index is 544. The van der Waals surface area contributed by atoms with Crippen molar-refractivity contribution in [1.82, 2.24) is 0 Å². The number of aliphatic carboxylic acids is 1. The lowest BCUT2D eigenvalue weighted by Gasteiger charge is -2.25. The standard InChI is InChI=1S/C14H18N2O4/c1-8-3-4-10(13(15)17)11(5-8)16-7-9(20-2)6-12(16)14(18)19/h3-5,9,12H,6-7H2,1-2H3,(H2,15,17)(H,18,19). The third-order valence-electron chi connectivity index (χ3n) is 3.61. The van der Waals surface area contributed by atoms with Crippen molar-refractivity contribution < 1.29 is 19.4 Å². The first-order chi connectivity index (χ1) is 9.43. The molecular weight excluding hydrogens is 260 g/mol. The first kappa shape index (κ1) is 14.3. The normalized spacial score (nSPS) is 22.0. The lowest BCUT2D eigenvalue weighted by molar-refractivity contribution is -0.138. The van der Waals surface area contributed by atoms with Crippen LogP contribution in [0.5, 0.6) is 0 Å². The lowest BCUT2D eigenvalue weighted by Crippen LogP contribution is -2.37. The number of anilines is 1. The topological polar surface area (TPSA) is 92.9 Å². The van der Waals surface area contributed by atoms with E-state index in [0.717, 1.165) is 5.56 Å². The van der Waals surface area contributed by atoms with Gasteiger partial charge in [0.1, 0.15) is 6.04 Å². The van der Waals surface area contributed by atoms with Crippen LogP contribution in [-0.4, -0.2) is 42.8 Å². The van der Waals surface area contributed by atoms with Crippen molar-refractivity contribution in [3.63, 3.8) is 0 Å². The second-order valence-electron chi connectivity index (χ2n) is 4.98. The number of carbonyl (C=O) groups is 2. The minimum atomic E-state index is -0.929. The van der Waals surface area contributed by atoms with E-state index in [1.807, 2.05) is 6.92 Å². The van der Waals surface area contributed by atoms with Crippen molar-refractivity contribution in [3.8, 4) is 0 Å². The zero-order valence-electron chi connectivity index (χ0n) is 11.5. The van der Waals surface area contributed by atoms with Crippen molar-refractivity contribution in [2.75, 3.05) is 18.6 Å². The number of rotatable bonds is 4. The Morgan fingerprint density at radius 2 is 2.15 bits per heavy atom. The van der Waals surface area contributed by atoms with E-state index in [9.17, 15) is 14.7 Å². The van der Waals surface area contributed by atoms with Crippen LogP contribution in [0, 0.1) is 6.92 Å². The van der Waals surface area contributed by atoms with Gasteiger partial charge in [-0.25, -0.2) is 4.79 Å². The van der Waals surface area contributed by atoms with Crippen LogP contribution in [0.1, 0.15) is 22.3 Å². The molecule has 6 nitrogen and oxygen atoms in total. The maximum atomic E-state index is 11.5. The van der Waals surface area contributed by atoms with Gasteiger partial charge in [-0.05, 0) is 24.6 Å². The zero-order chi connectivity index (χ0) is 14.9. The fraction of sp³-hybridized carbons (Fsp3) is 0.429. The second-order valence-corrected chi connectivity index (χ2v) is 4.98. The highest BCUT2D eigenvalue weighted by atomic mass is 16.5. The largest absolute Gasteiger partial charge is 0.480 e. The number of primary amides is 1. The number of hydrogen-bond donors (Lipinski definition) is 2. The van der Waals surface area contributed by atoms with Gasteiger partial charge in [0, 0.05) is 20.1 Å². The number of aryl methyl sites for hydroxylation is 1. The van der Waals surface area contributed by atoms with E-state index in [1.165, 1.54) is 0 Å². The molecule has 20 heavy (non-hydrogen) atoms. The number of carboxylic acid groups (broad SMARTS) is 1. The van der Waals surface area contributed by atoms with Gasteiger partial charge < -0.3 is 20.5 Å². The molecule has 108 valence electrons. The van der Waals surface area contributed by atoms with Crippen LogP contribution in [-0.2, 0) is 9.53 Å². The van der Waals surface area contributed by atoms with Gasteiger partial charge in [-0.15, -0.1) is 0 Å². The summed E-state index contributed by atoms with van der Waals surface area (Å²) in [6, 6.07) is 4.49. The summed E-state index contributed by atoms with van der Waals surface area (Å²) in [4.78, 5) is 24.6. The van der Waals surface area contributed by atoms with E-state index >= 15 is 0 Å². The van der Waals surface area contributed by atoms with E-state index < -0.39 is 17.9 Å². The average Bonchev–Trinajstić information content (AvgIpc) is 2.82.